The van der Waals surface area contributed by atoms with Gasteiger partial charge in [-0.1, -0.05) is 42.6 Å². The van der Waals surface area contributed by atoms with Gasteiger partial charge in [0.25, 0.3) is 0 Å². The van der Waals surface area contributed by atoms with Gasteiger partial charge in [0.05, 0.1) is 23.1 Å². The highest BCUT2D eigenvalue weighted by Crippen LogP contribution is 2.37. The number of carbonyl (C=O) groups is 1. The fourth-order valence-corrected chi connectivity index (χ4v) is 5.13. The van der Waals surface area contributed by atoms with Crippen LogP contribution >= 0.6 is 23.4 Å². The Bertz CT molecular complexity index is 1120. The van der Waals surface area contributed by atoms with Gasteiger partial charge in [-0.25, -0.2) is 4.39 Å². The molecule has 1 fully saturated rings. The summed E-state index contributed by atoms with van der Waals surface area (Å²) in [6.07, 6.45) is 5.67. The molecule has 33 heavy (non-hydrogen) atoms. The predicted molar refractivity (Wildman–Crippen MR) is 129 cm³/mol. The summed E-state index contributed by atoms with van der Waals surface area (Å²) in [7, 11) is 1.64. The number of aromatic nitrogens is 3. The molecule has 0 aliphatic heterocycles. The van der Waals surface area contributed by atoms with Crippen LogP contribution in [-0.4, -0.2) is 33.0 Å². The lowest BCUT2D eigenvalue weighted by atomic mass is 9.95. The number of benzene rings is 2. The second-order valence-corrected chi connectivity index (χ2v) is 9.79. The SMILES string of the molecule is COc1ccc(-c2nnc(SC(C)C(=O)Nc3ccc(F)cc3Cl)n2C2CCCCC2)cc1. The summed E-state index contributed by atoms with van der Waals surface area (Å²) in [5.74, 6) is 0.882. The minimum absolute atomic E-state index is 0.160. The van der Waals surface area contributed by atoms with Crippen molar-refractivity contribution in [2.45, 2.75) is 55.5 Å². The van der Waals surface area contributed by atoms with Gasteiger partial charge < -0.3 is 10.1 Å². The Morgan fingerprint density at radius 2 is 1.91 bits per heavy atom. The molecule has 3 aromatic rings. The number of hydrogen-bond acceptors (Lipinski definition) is 5. The zero-order valence-corrected chi connectivity index (χ0v) is 20.1. The molecule has 9 heteroatoms. The number of methoxy groups -OCH3 is 1. The minimum Gasteiger partial charge on any atom is -0.497 e. The first-order chi connectivity index (χ1) is 16.0. The Morgan fingerprint density at radius 3 is 2.58 bits per heavy atom. The summed E-state index contributed by atoms with van der Waals surface area (Å²) in [6.45, 7) is 1.81. The number of nitrogens with zero attached hydrogens (tertiary/aromatic N) is 3. The number of hydrogen-bond donors (Lipinski definition) is 1. The van der Waals surface area contributed by atoms with Crippen LogP contribution in [0.3, 0.4) is 0 Å². The number of amides is 1. The van der Waals surface area contributed by atoms with Crippen molar-refractivity contribution in [3.8, 4) is 17.1 Å². The van der Waals surface area contributed by atoms with Crippen LogP contribution in [0.1, 0.15) is 45.1 Å². The van der Waals surface area contributed by atoms with E-state index >= 15 is 0 Å². The van der Waals surface area contributed by atoms with Crippen LogP contribution in [-0.2, 0) is 4.79 Å². The molecular formula is C24H26ClFN4O2S. The van der Waals surface area contributed by atoms with Crippen molar-refractivity contribution in [2.75, 3.05) is 12.4 Å². The van der Waals surface area contributed by atoms with Gasteiger partial charge in [0.15, 0.2) is 11.0 Å². The van der Waals surface area contributed by atoms with E-state index in [0.29, 0.717) is 10.8 Å². The van der Waals surface area contributed by atoms with Crippen molar-refractivity contribution in [3.05, 3.63) is 53.3 Å². The van der Waals surface area contributed by atoms with E-state index in [9.17, 15) is 9.18 Å². The van der Waals surface area contributed by atoms with E-state index in [1.54, 1.807) is 7.11 Å². The molecule has 0 saturated heterocycles. The molecule has 1 aromatic heterocycles. The van der Waals surface area contributed by atoms with Crippen LogP contribution < -0.4 is 10.1 Å². The molecule has 1 aliphatic carbocycles. The topological polar surface area (TPSA) is 69.0 Å². The first kappa shape index (κ1) is 23.6. The molecule has 1 heterocycles. The molecule has 0 bridgehead atoms. The highest BCUT2D eigenvalue weighted by molar-refractivity contribution is 8.00. The van der Waals surface area contributed by atoms with Crippen LogP contribution in [0.25, 0.3) is 11.4 Å². The summed E-state index contributed by atoms with van der Waals surface area (Å²) in [6, 6.07) is 12.0. The monoisotopic (exact) mass is 488 g/mol. The number of thioether (sulfide) groups is 1. The van der Waals surface area contributed by atoms with E-state index < -0.39 is 11.1 Å². The van der Waals surface area contributed by atoms with E-state index in [4.69, 9.17) is 16.3 Å². The van der Waals surface area contributed by atoms with Crippen molar-refractivity contribution in [3.63, 3.8) is 0 Å². The number of halogens is 2. The Labute approximate surface area is 201 Å². The third kappa shape index (κ3) is 5.50. The molecule has 2 aromatic carbocycles. The van der Waals surface area contributed by atoms with Crippen molar-refractivity contribution in [1.29, 1.82) is 0 Å². The van der Waals surface area contributed by atoms with Gasteiger partial charge in [0.1, 0.15) is 11.6 Å². The van der Waals surface area contributed by atoms with Gasteiger partial charge in [-0.15, -0.1) is 10.2 Å². The molecule has 0 radical (unpaired) electrons. The molecule has 1 unspecified atom stereocenters. The molecule has 1 atom stereocenters. The van der Waals surface area contributed by atoms with E-state index in [1.165, 1.54) is 36.4 Å². The fraction of sp³-hybridized carbons (Fsp3) is 0.375. The second-order valence-electron chi connectivity index (χ2n) is 8.07. The van der Waals surface area contributed by atoms with Gasteiger partial charge >= 0.3 is 0 Å². The lowest BCUT2D eigenvalue weighted by Crippen LogP contribution is -2.24. The maximum absolute atomic E-state index is 13.3. The normalized spacial score (nSPS) is 15.3. The second kappa shape index (κ2) is 10.6. The Kier molecular flexibility index (Phi) is 7.55. The van der Waals surface area contributed by atoms with Crippen molar-refractivity contribution < 1.29 is 13.9 Å². The van der Waals surface area contributed by atoms with Gasteiger partial charge in [0.2, 0.25) is 5.91 Å². The van der Waals surface area contributed by atoms with Gasteiger partial charge in [0, 0.05) is 11.6 Å². The quantitative estimate of drug-likeness (QED) is 0.391. The highest BCUT2D eigenvalue weighted by atomic mass is 35.5. The van der Waals surface area contributed by atoms with E-state index in [-0.39, 0.29) is 17.0 Å². The summed E-state index contributed by atoms with van der Waals surface area (Å²) >= 11 is 7.42. The molecule has 1 amide bonds. The third-order valence-corrected chi connectivity index (χ3v) is 7.16. The van der Waals surface area contributed by atoms with Crippen LogP contribution in [0.4, 0.5) is 10.1 Å². The lowest BCUT2D eigenvalue weighted by molar-refractivity contribution is -0.115. The number of anilines is 1. The van der Waals surface area contributed by atoms with Crippen LogP contribution in [0.15, 0.2) is 47.6 Å². The standard InChI is InChI=1S/C24H26ClFN4O2S/c1-15(23(31)27-21-13-10-17(26)14-20(21)25)33-24-29-28-22(16-8-11-19(32-2)12-9-16)30(24)18-6-4-3-5-7-18/h8-15,18H,3-7H2,1-2H3,(H,27,31). The molecule has 1 saturated carbocycles. The van der Waals surface area contributed by atoms with Gasteiger partial charge in [-0.05, 0) is 62.2 Å². The predicted octanol–water partition coefficient (Wildman–Crippen LogP) is 6.37. The Morgan fingerprint density at radius 1 is 1.18 bits per heavy atom. The fourth-order valence-electron chi connectivity index (χ4n) is 4.00. The largest absolute Gasteiger partial charge is 0.497 e. The molecule has 1 N–H and O–H groups in total. The lowest BCUT2D eigenvalue weighted by Gasteiger charge is -2.26. The van der Waals surface area contributed by atoms with Crippen LogP contribution in [0.2, 0.25) is 5.02 Å². The average Bonchev–Trinajstić information content (AvgIpc) is 3.24. The first-order valence-electron chi connectivity index (χ1n) is 11.0. The van der Waals surface area contributed by atoms with Crippen molar-refractivity contribution in [1.82, 2.24) is 14.8 Å². The highest BCUT2D eigenvalue weighted by Gasteiger charge is 2.26. The molecular weight excluding hydrogens is 463 g/mol. The maximum atomic E-state index is 13.3. The zero-order chi connectivity index (χ0) is 23.4. The van der Waals surface area contributed by atoms with Crippen molar-refractivity contribution in [2.24, 2.45) is 0 Å². The number of nitrogens with one attached hydrogen (secondary N) is 1. The molecule has 0 spiro atoms. The van der Waals surface area contributed by atoms with Gasteiger partial charge in [-0.2, -0.15) is 0 Å². The molecule has 4 rings (SSSR count). The Hall–Kier alpha value is -2.58. The molecule has 174 valence electrons. The average molecular weight is 489 g/mol. The number of rotatable bonds is 7. The van der Waals surface area contributed by atoms with Crippen LogP contribution in [0, 0.1) is 5.82 Å². The van der Waals surface area contributed by atoms with E-state index in [1.807, 2.05) is 31.2 Å². The van der Waals surface area contributed by atoms with E-state index in [2.05, 4.69) is 20.1 Å². The zero-order valence-electron chi connectivity index (χ0n) is 18.6. The summed E-state index contributed by atoms with van der Waals surface area (Å²) in [4.78, 5) is 12.8. The third-order valence-electron chi connectivity index (χ3n) is 5.79. The van der Waals surface area contributed by atoms with Crippen molar-refractivity contribution >= 4 is 35.0 Å². The first-order valence-corrected chi connectivity index (χ1v) is 12.2. The molecule has 1 aliphatic rings. The minimum atomic E-state index is -0.457. The van der Waals surface area contributed by atoms with E-state index in [0.717, 1.165) is 42.8 Å². The maximum Gasteiger partial charge on any atom is 0.237 e. The molecule has 6 nitrogen and oxygen atoms in total. The summed E-state index contributed by atoms with van der Waals surface area (Å²) in [5, 5.41) is 12.1. The number of ether oxygens (including phenoxy) is 1. The smallest absolute Gasteiger partial charge is 0.237 e. The Balaban J connectivity index is 1.58. The summed E-state index contributed by atoms with van der Waals surface area (Å²) < 4.78 is 20.8. The van der Waals surface area contributed by atoms with Gasteiger partial charge in [-0.3, -0.25) is 9.36 Å². The summed E-state index contributed by atoms with van der Waals surface area (Å²) in [5.41, 5.74) is 1.33. The van der Waals surface area contributed by atoms with Crippen LogP contribution in [0.5, 0.6) is 5.75 Å². The number of carbonyl (C=O) groups excluding carboxylic acids is 1.